The number of nitrogens with one attached hydrogen (secondary N) is 2. The van der Waals surface area contributed by atoms with Gasteiger partial charge in [-0.05, 0) is 64.3 Å². The number of aliphatic hydroxyl groups excluding tert-OH is 1. The van der Waals surface area contributed by atoms with Crippen LogP contribution in [0.4, 0.5) is 22.2 Å². The summed E-state index contributed by atoms with van der Waals surface area (Å²) in [6, 6.07) is 9.39. The van der Waals surface area contributed by atoms with E-state index in [1.165, 1.54) is 0 Å². The molecule has 1 amide bonds. The Morgan fingerprint density at radius 1 is 1.15 bits per heavy atom. The van der Waals surface area contributed by atoms with Crippen LogP contribution in [-0.2, 0) is 4.74 Å². The highest BCUT2D eigenvalue weighted by Gasteiger charge is 2.35. The maximum atomic E-state index is 12.3. The van der Waals surface area contributed by atoms with E-state index < -0.39 is 11.7 Å². The second-order valence-corrected chi connectivity index (χ2v) is 11.8. The maximum Gasteiger partial charge on any atom is 0.407 e. The first-order chi connectivity index (χ1) is 18.6. The number of aliphatic hydroxyl groups is 1. The predicted molar refractivity (Wildman–Crippen MR) is 154 cm³/mol. The summed E-state index contributed by atoms with van der Waals surface area (Å²) in [6.07, 6.45) is 3.71. The van der Waals surface area contributed by atoms with Gasteiger partial charge in [-0.3, -0.25) is 4.98 Å². The molecule has 2 atom stereocenters. The first-order valence-corrected chi connectivity index (χ1v) is 13.7. The normalized spacial score (nSPS) is 17.4. The number of thiazole rings is 1. The van der Waals surface area contributed by atoms with E-state index in [9.17, 15) is 9.90 Å². The lowest BCUT2D eigenvalue weighted by atomic mass is 10.2. The summed E-state index contributed by atoms with van der Waals surface area (Å²) in [6.45, 7) is 9.96. The van der Waals surface area contributed by atoms with E-state index in [0.29, 0.717) is 24.6 Å². The molecule has 0 aliphatic carbocycles. The lowest BCUT2D eigenvalue weighted by Gasteiger charge is -2.26. The van der Waals surface area contributed by atoms with Crippen LogP contribution >= 0.6 is 11.3 Å². The highest BCUT2D eigenvalue weighted by atomic mass is 32.1. The van der Waals surface area contributed by atoms with Crippen molar-refractivity contribution in [2.45, 2.75) is 58.7 Å². The van der Waals surface area contributed by atoms with Crippen LogP contribution < -0.4 is 15.5 Å². The summed E-state index contributed by atoms with van der Waals surface area (Å²) >= 11 is 1.56. The van der Waals surface area contributed by atoms with Gasteiger partial charge in [-0.25, -0.2) is 19.7 Å². The van der Waals surface area contributed by atoms with Gasteiger partial charge in [0, 0.05) is 25.0 Å². The average Bonchev–Trinajstić information content (AvgIpc) is 3.47. The van der Waals surface area contributed by atoms with Gasteiger partial charge in [-0.15, -0.1) is 11.3 Å². The molecule has 1 saturated heterocycles. The molecular weight excluding hydrogens is 514 g/mol. The third kappa shape index (κ3) is 6.10. The number of aromatic nitrogens is 4. The fourth-order valence-electron chi connectivity index (χ4n) is 4.65. The molecule has 1 fully saturated rings. The molecule has 5 heterocycles. The molecule has 39 heavy (non-hydrogen) atoms. The minimum atomic E-state index is -0.578. The van der Waals surface area contributed by atoms with Crippen LogP contribution in [0.3, 0.4) is 0 Å². The van der Waals surface area contributed by atoms with Gasteiger partial charge in [-0.2, -0.15) is 0 Å². The van der Waals surface area contributed by atoms with Crippen molar-refractivity contribution in [3.63, 3.8) is 0 Å². The molecular formula is C28H33N7O3S. The Hall–Kier alpha value is -3.83. The van der Waals surface area contributed by atoms with Crippen molar-refractivity contribution in [1.82, 2.24) is 25.3 Å². The van der Waals surface area contributed by atoms with Crippen molar-refractivity contribution >= 4 is 45.1 Å². The monoisotopic (exact) mass is 547 g/mol. The molecule has 0 aromatic carbocycles. The van der Waals surface area contributed by atoms with Crippen molar-refractivity contribution < 1.29 is 14.6 Å². The number of amides is 1. The summed E-state index contributed by atoms with van der Waals surface area (Å²) in [5.41, 5.74) is 3.18. The molecule has 5 rings (SSSR count). The number of alkyl carbamates (subject to hydrolysis) is 1. The fourth-order valence-corrected chi connectivity index (χ4v) is 5.63. The van der Waals surface area contributed by atoms with Gasteiger partial charge < -0.3 is 25.4 Å². The fraction of sp³-hybridized carbons (Fsp3) is 0.393. The minimum absolute atomic E-state index is 0.0502. The largest absolute Gasteiger partial charge is 0.444 e. The first-order valence-electron chi connectivity index (χ1n) is 12.9. The zero-order chi connectivity index (χ0) is 27.7. The van der Waals surface area contributed by atoms with Crippen molar-refractivity contribution in [3.05, 3.63) is 53.9 Å². The van der Waals surface area contributed by atoms with E-state index in [4.69, 9.17) is 14.7 Å². The highest BCUT2D eigenvalue weighted by molar-refractivity contribution is 7.21. The maximum absolute atomic E-state index is 12.3. The summed E-state index contributed by atoms with van der Waals surface area (Å²) in [5, 5.41) is 17.2. The Bertz CT molecular complexity index is 1500. The molecule has 0 bridgehead atoms. The number of rotatable bonds is 6. The van der Waals surface area contributed by atoms with Crippen LogP contribution in [0, 0.1) is 13.8 Å². The predicted octanol–water partition coefficient (Wildman–Crippen LogP) is 4.97. The zero-order valence-electron chi connectivity index (χ0n) is 22.7. The number of hydrogen-bond donors (Lipinski definition) is 3. The second-order valence-electron chi connectivity index (χ2n) is 10.8. The van der Waals surface area contributed by atoms with Crippen molar-refractivity contribution in [2.24, 2.45) is 0 Å². The Kier molecular flexibility index (Phi) is 7.37. The number of fused-ring (bicyclic) bond motifs is 1. The van der Waals surface area contributed by atoms with Crippen LogP contribution in [0.2, 0.25) is 0 Å². The molecule has 0 unspecified atom stereocenters. The summed E-state index contributed by atoms with van der Waals surface area (Å²) in [4.78, 5) is 33.1. The van der Waals surface area contributed by atoms with Gasteiger partial charge in [0.1, 0.15) is 33.8 Å². The molecule has 204 valence electrons. The van der Waals surface area contributed by atoms with Gasteiger partial charge in [0.15, 0.2) is 0 Å². The van der Waals surface area contributed by atoms with E-state index in [0.717, 1.165) is 37.9 Å². The number of nitrogens with zero attached hydrogens (tertiary/aromatic N) is 5. The van der Waals surface area contributed by atoms with Crippen LogP contribution in [0.15, 0.2) is 42.7 Å². The van der Waals surface area contributed by atoms with Gasteiger partial charge in [0.25, 0.3) is 0 Å². The molecule has 4 aromatic heterocycles. The van der Waals surface area contributed by atoms with Crippen molar-refractivity contribution in [3.8, 4) is 10.7 Å². The quantitative estimate of drug-likeness (QED) is 0.307. The number of hydrogen-bond acceptors (Lipinski definition) is 10. The Morgan fingerprint density at radius 3 is 2.72 bits per heavy atom. The summed E-state index contributed by atoms with van der Waals surface area (Å²) < 4.78 is 6.39. The third-order valence-electron chi connectivity index (χ3n) is 6.43. The van der Waals surface area contributed by atoms with Crippen molar-refractivity contribution in [2.75, 3.05) is 23.4 Å². The van der Waals surface area contributed by atoms with Crippen LogP contribution in [0.25, 0.3) is 20.9 Å². The molecule has 11 heteroatoms. The molecule has 10 nitrogen and oxygen atoms in total. The average molecular weight is 548 g/mol. The van der Waals surface area contributed by atoms with E-state index in [1.54, 1.807) is 23.7 Å². The summed E-state index contributed by atoms with van der Waals surface area (Å²) in [5.74, 6) is 2.00. The smallest absolute Gasteiger partial charge is 0.407 e. The molecule has 1 aliphatic heterocycles. The number of ether oxygens (including phenoxy) is 1. The second kappa shape index (κ2) is 10.7. The number of aryl methyl sites for hydroxylation is 2. The van der Waals surface area contributed by atoms with E-state index in [1.807, 2.05) is 69.9 Å². The Balaban J connectivity index is 1.34. The standard InChI is InChI=1S/C28H33N7O3S/c1-16-7-6-10-29-24(16)26-32-20-12-23(30-13-21(20)39-26)33-22-9-8-17(2)25(34-22)35-14-18(11-19(35)15-36)31-27(37)38-28(3,4)5/h6-10,12-13,18-19,36H,11,14-15H2,1-5H3,(H,31,37)(H,30,33,34)/t18-,19-/m0/s1. The number of carbonyl (C=O) groups excluding carboxylic acids is 1. The van der Waals surface area contributed by atoms with Gasteiger partial charge >= 0.3 is 6.09 Å². The molecule has 0 spiro atoms. The lowest BCUT2D eigenvalue weighted by Crippen LogP contribution is -2.40. The molecule has 0 saturated carbocycles. The van der Waals surface area contributed by atoms with E-state index >= 15 is 0 Å². The zero-order valence-corrected chi connectivity index (χ0v) is 23.5. The first kappa shape index (κ1) is 26.8. The third-order valence-corrected chi connectivity index (χ3v) is 7.44. The van der Waals surface area contributed by atoms with Crippen molar-refractivity contribution in [1.29, 1.82) is 0 Å². The van der Waals surface area contributed by atoms with E-state index in [2.05, 4.69) is 20.6 Å². The SMILES string of the molecule is Cc1cccnc1-c1nc2cc(Nc3ccc(C)c(N4C[C@@H](NC(=O)OC(C)(C)C)C[C@H]4CO)n3)ncc2s1. The van der Waals surface area contributed by atoms with Crippen LogP contribution in [0.5, 0.6) is 0 Å². The van der Waals surface area contributed by atoms with Gasteiger partial charge in [0.05, 0.1) is 28.9 Å². The van der Waals surface area contributed by atoms with Gasteiger partial charge in [0.2, 0.25) is 0 Å². The van der Waals surface area contributed by atoms with Gasteiger partial charge in [-0.1, -0.05) is 12.1 Å². The lowest BCUT2D eigenvalue weighted by molar-refractivity contribution is 0.0507. The molecule has 0 radical (unpaired) electrons. The van der Waals surface area contributed by atoms with Crippen LogP contribution in [-0.4, -0.2) is 62.0 Å². The Morgan fingerprint density at radius 2 is 1.97 bits per heavy atom. The number of pyridine rings is 3. The van der Waals surface area contributed by atoms with Crippen LogP contribution in [0.1, 0.15) is 38.3 Å². The summed E-state index contributed by atoms with van der Waals surface area (Å²) in [7, 11) is 0. The molecule has 3 N–H and O–H groups in total. The Labute approximate surface area is 231 Å². The highest BCUT2D eigenvalue weighted by Crippen LogP contribution is 2.32. The number of anilines is 3. The topological polar surface area (TPSA) is 125 Å². The van der Waals surface area contributed by atoms with E-state index in [-0.39, 0.29) is 18.7 Å². The molecule has 1 aliphatic rings. The minimum Gasteiger partial charge on any atom is -0.444 e. The number of carbonyl (C=O) groups is 1. The molecule has 4 aromatic rings.